The molecule has 1 unspecified atom stereocenters. The Morgan fingerprint density at radius 1 is 1.40 bits per heavy atom. The highest BCUT2D eigenvalue weighted by Crippen LogP contribution is 2.32. The number of amides is 2. The van der Waals surface area contributed by atoms with Crippen molar-refractivity contribution in [2.75, 3.05) is 25.1 Å². The van der Waals surface area contributed by atoms with Gasteiger partial charge in [0.05, 0.1) is 29.3 Å². The molecule has 0 radical (unpaired) electrons. The number of nitrogens with one attached hydrogen (secondary N) is 1. The van der Waals surface area contributed by atoms with Crippen LogP contribution in [0.2, 0.25) is 5.02 Å². The molecule has 0 spiro atoms. The van der Waals surface area contributed by atoms with Crippen molar-refractivity contribution in [2.45, 2.75) is 26.7 Å². The lowest BCUT2D eigenvalue weighted by Gasteiger charge is -2.19. The van der Waals surface area contributed by atoms with Crippen molar-refractivity contribution in [1.29, 1.82) is 0 Å². The molecule has 0 aliphatic carbocycles. The summed E-state index contributed by atoms with van der Waals surface area (Å²) in [5.74, 6) is -0.739. The number of carbonyl (C=O) groups excluding carboxylic acids is 3. The fraction of sp³-hybridized carbons (Fsp3) is 0.500. The second-order valence-electron chi connectivity index (χ2n) is 6.54. The molecular formula is C18H23ClN2O4. The Morgan fingerprint density at radius 3 is 2.76 bits per heavy atom. The largest absolute Gasteiger partial charge is 0.465 e. The summed E-state index contributed by atoms with van der Waals surface area (Å²) in [6.07, 6.45) is 1.02. The zero-order valence-electron chi connectivity index (χ0n) is 14.7. The Balaban J connectivity index is 2.10. The number of esters is 1. The van der Waals surface area contributed by atoms with Crippen LogP contribution in [0.25, 0.3) is 0 Å². The van der Waals surface area contributed by atoms with Gasteiger partial charge in [0.2, 0.25) is 11.8 Å². The predicted octanol–water partition coefficient (Wildman–Crippen LogP) is 2.64. The van der Waals surface area contributed by atoms with Gasteiger partial charge in [0.25, 0.3) is 0 Å². The van der Waals surface area contributed by atoms with E-state index in [0.717, 1.165) is 6.42 Å². The van der Waals surface area contributed by atoms with E-state index in [1.165, 1.54) is 24.1 Å². The number of nitrogens with zero attached hydrogens (tertiary/aromatic N) is 1. The maximum atomic E-state index is 12.3. The van der Waals surface area contributed by atoms with E-state index in [4.69, 9.17) is 16.3 Å². The van der Waals surface area contributed by atoms with Crippen LogP contribution >= 0.6 is 11.6 Å². The molecule has 1 N–H and O–H groups in total. The monoisotopic (exact) mass is 366 g/mol. The zero-order chi connectivity index (χ0) is 18.6. The molecule has 1 fully saturated rings. The first kappa shape index (κ1) is 19.2. The van der Waals surface area contributed by atoms with E-state index in [1.807, 2.05) is 0 Å². The topological polar surface area (TPSA) is 75.7 Å². The molecule has 1 saturated heterocycles. The maximum absolute atomic E-state index is 12.3. The number of carbonyl (C=O) groups is 3. The summed E-state index contributed by atoms with van der Waals surface area (Å²) in [5.41, 5.74) is 0.728. The van der Waals surface area contributed by atoms with Crippen molar-refractivity contribution in [2.24, 2.45) is 11.8 Å². The predicted molar refractivity (Wildman–Crippen MR) is 95.7 cm³/mol. The van der Waals surface area contributed by atoms with Crippen LogP contribution in [0.5, 0.6) is 0 Å². The maximum Gasteiger partial charge on any atom is 0.337 e. The molecule has 2 amide bonds. The molecule has 1 aromatic carbocycles. The van der Waals surface area contributed by atoms with Gasteiger partial charge in [-0.25, -0.2) is 4.79 Å². The average molecular weight is 367 g/mol. The Bertz CT molecular complexity index is 675. The highest BCUT2D eigenvalue weighted by molar-refractivity contribution is 6.34. The molecule has 1 heterocycles. The van der Waals surface area contributed by atoms with E-state index < -0.39 is 11.9 Å². The first-order chi connectivity index (χ1) is 11.8. The van der Waals surface area contributed by atoms with Crippen molar-refractivity contribution >= 4 is 35.1 Å². The number of methoxy groups -OCH3 is 1. The Hall–Kier alpha value is -2.08. The van der Waals surface area contributed by atoms with E-state index in [2.05, 4.69) is 19.2 Å². The summed E-state index contributed by atoms with van der Waals surface area (Å²) in [6, 6.07) is 4.60. The number of benzene rings is 1. The van der Waals surface area contributed by atoms with Gasteiger partial charge in [0, 0.05) is 19.5 Å². The van der Waals surface area contributed by atoms with E-state index in [-0.39, 0.29) is 24.8 Å². The smallest absolute Gasteiger partial charge is 0.337 e. The van der Waals surface area contributed by atoms with Crippen LogP contribution in [0.3, 0.4) is 0 Å². The summed E-state index contributed by atoms with van der Waals surface area (Å²) < 4.78 is 4.69. The molecule has 136 valence electrons. The van der Waals surface area contributed by atoms with E-state index in [1.54, 1.807) is 6.07 Å². The van der Waals surface area contributed by atoms with Gasteiger partial charge < -0.3 is 15.0 Å². The summed E-state index contributed by atoms with van der Waals surface area (Å²) >= 11 is 6.19. The second kappa shape index (κ2) is 8.34. The van der Waals surface area contributed by atoms with Crippen LogP contribution in [0.1, 0.15) is 37.0 Å². The van der Waals surface area contributed by atoms with Gasteiger partial charge in [0.1, 0.15) is 0 Å². The third-order valence-corrected chi connectivity index (χ3v) is 4.49. The van der Waals surface area contributed by atoms with Crippen molar-refractivity contribution < 1.29 is 19.1 Å². The van der Waals surface area contributed by atoms with E-state index in [9.17, 15) is 14.4 Å². The summed E-state index contributed by atoms with van der Waals surface area (Å²) in [4.78, 5) is 37.8. The fourth-order valence-corrected chi connectivity index (χ4v) is 2.93. The minimum Gasteiger partial charge on any atom is -0.465 e. The van der Waals surface area contributed by atoms with Gasteiger partial charge >= 0.3 is 5.97 Å². The molecule has 1 aliphatic heterocycles. The minimum atomic E-state index is -0.507. The number of anilines is 1. The molecule has 7 heteroatoms. The molecule has 1 atom stereocenters. The Labute approximate surface area is 152 Å². The number of hydrogen-bond donors (Lipinski definition) is 1. The van der Waals surface area contributed by atoms with Crippen molar-refractivity contribution in [1.82, 2.24) is 5.32 Å². The lowest BCUT2D eigenvalue weighted by Crippen LogP contribution is -2.34. The van der Waals surface area contributed by atoms with Gasteiger partial charge in [-0.2, -0.15) is 0 Å². The van der Waals surface area contributed by atoms with Crippen LogP contribution in [0.15, 0.2) is 18.2 Å². The summed E-state index contributed by atoms with van der Waals surface area (Å²) in [5, 5.41) is 3.23. The van der Waals surface area contributed by atoms with Crippen LogP contribution in [0, 0.1) is 11.8 Å². The lowest BCUT2D eigenvalue weighted by atomic mass is 10.1. The Kier molecular flexibility index (Phi) is 6.42. The number of hydrogen-bond acceptors (Lipinski definition) is 4. The standard InChI is InChI=1S/C18H23ClN2O4/c1-11(2)6-7-20-17(23)13-9-16(22)21(10-13)15-8-12(18(24)25-3)4-5-14(15)19/h4-5,8,11,13H,6-7,9-10H2,1-3H3,(H,20,23). The lowest BCUT2D eigenvalue weighted by molar-refractivity contribution is -0.126. The van der Waals surface area contributed by atoms with Gasteiger partial charge in [-0.15, -0.1) is 0 Å². The van der Waals surface area contributed by atoms with Crippen LogP contribution in [-0.4, -0.2) is 38.0 Å². The van der Waals surface area contributed by atoms with E-state index in [0.29, 0.717) is 28.7 Å². The van der Waals surface area contributed by atoms with Crippen molar-refractivity contribution in [3.63, 3.8) is 0 Å². The van der Waals surface area contributed by atoms with Gasteiger partial charge in [0.15, 0.2) is 0 Å². The van der Waals surface area contributed by atoms with E-state index >= 15 is 0 Å². The third kappa shape index (κ3) is 4.72. The molecule has 2 rings (SSSR count). The van der Waals surface area contributed by atoms with Crippen molar-refractivity contribution in [3.05, 3.63) is 28.8 Å². The number of halogens is 1. The molecule has 6 nitrogen and oxygen atoms in total. The van der Waals surface area contributed by atoms with Gasteiger partial charge in [-0.05, 0) is 30.5 Å². The van der Waals surface area contributed by atoms with Crippen LogP contribution in [-0.2, 0) is 14.3 Å². The molecule has 0 saturated carbocycles. The van der Waals surface area contributed by atoms with Gasteiger partial charge in [-0.3, -0.25) is 9.59 Å². The first-order valence-electron chi connectivity index (χ1n) is 8.29. The normalized spacial score (nSPS) is 17.1. The number of rotatable bonds is 6. The van der Waals surface area contributed by atoms with Crippen molar-refractivity contribution in [3.8, 4) is 0 Å². The minimum absolute atomic E-state index is 0.128. The summed E-state index contributed by atoms with van der Waals surface area (Å²) in [7, 11) is 1.29. The zero-order valence-corrected chi connectivity index (χ0v) is 15.4. The Morgan fingerprint density at radius 2 is 2.12 bits per heavy atom. The van der Waals surface area contributed by atoms with Crippen LogP contribution < -0.4 is 10.2 Å². The second-order valence-corrected chi connectivity index (χ2v) is 6.94. The molecule has 1 aromatic rings. The molecule has 25 heavy (non-hydrogen) atoms. The third-order valence-electron chi connectivity index (χ3n) is 4.17. The molecule has 0 aromatic heterocycles. The fourth-order valence-electron chi connectivity index (χ4n) is 2.71. The first-order valence-corrected chi connectivity index (χ1v) is 8.67. The van der Waals surface area contributed by atoms with Gasteiger partial charge in [-0.1, -0.05) is 25.4 Å². The SMILES string of the molecule is COC(=O)c1ccc(Cl)c(N2CC(C(=O)NCCC(C)C)CC2=O)c1. The summed E-state index contributed by atoms with van der Waals surface area (Å²) in [6.45, 7) is 5.02. The highest BCUT2D eigenvalue weighted by atomic mass is 35.5. The molecular weight excluding hydrogens is 344 g/mol. The molecule has 1 aliphatic rings. The molecule has 0 bridgehead atoms. The highest BCUT2D eigenvalue weighted by Gasteiger charge is 2.36. The quantitative estimate of drug-likeness (QED) is 0.785. The number of ether oxygens (including phenoxy) is 1. The van der Waals surface area contributed by atoms with Crippen LogP contribution in [0.4, 0.5) is 5.69 Å². The average Bonchev–Trinajstić information content (AvgIpc) is 2.96.